The second kappa shape index (κ2) is 15.8. The zero-order chi connectivity index (χ0) is 35.3. The molecule has 1 unspecified atom stereocenters. The number of hydrogen-bond donors (Lipinski definition) is 4. The lowest BCUT2D eigenvalue weighted by Gasteiger charge is -2.38. The van der Waals surface area contributed by atoms with Gasteiger partial charge in [0.05, 0.1) is 12.2 Å². The average Bonchev–Trinajstić information content (AvgIpc) is 3.65. The lowest BCUT2D eigenvalue weighted by molar-refractivity contribution is -0.146. The van der Waals surface area contributed by atoms with Gasteiger partial charge in [0.15, 0.2) is 0 Å². The summed E-state index contributed by atoms with van der Waals surface area (Å²) in [7, 11) is 0. The highest BCUT2D eigenvalue weighted by Gasteiger charge is 2.52. The van der Waals surface area contributed by atoms with E-state index >= 15 is 0 Å². The molecule has 13 heteroatoms. The summed E-state index contributed by atoms with van der Waals surface area (Å²) in [4.78, 5) is 91.4. The fraction of sp³-hybridized carbons (Fsp3) is 0.722. The topological polar surface area (TPSA) is 180 Å². The van der Waals surface area contributed by atoms with E-state index in [1.54, 1.807) is 4.90 Å². The van der Waals surface area contributed by atoms with Gasteiger partial charge in [-0.25, -0.2) is 4.98 Å². The van der Waals surface area contributed by atoms with Gasteiger partial charge in [-0.05, 0) is 68.1 Å². The number of fused-ring (bicyclic) bond motifs is 1. The number of rotatable bonds is 13. The van der Waals surface area contributed by atoms with Crippen molar-refractivity contribution < 1.29 is 28.8 Å². The van der Waals surface area contributed by atoms with Crippen molar-refractivity contribution in [1.82, 2.24) is 36.1 Å². The van der Waals surface area contributed by atoms with Crippen LogP contribution in [0, 0.1) is 23.2 Å². The Morgan fingerprint density at radius 2 is 1.63 bits per heavy atom. The van der Waals surface area contributed by atoms with Crippen molar-refractivity contribution in [3.8, 4) is 0 Å². The molecule has 268 valence electrons. The van der Waals surface area contributed by atoms with Crippen LogP contribution in [0.15, 0.2) is 18.6 Å². The Balaban J connectivity index is 1.36. The van der Waals surface area contributed by atoms with Gasteiger partial charge in [-0.15, -0.1) is 0 Å². The molecule has 0 aromatic carbocycles. The molecule has 4 N–H and O–H groups in total. The van der Waals surface area contributed by atoms with Crippen LogP contribution in [0.4, 0.5) is 0 Å². The summed E-state index contributed by atoms with van der Waals surface area (Å²) in [5.41, 5.74) is -0.638. The number of carbonyl (C=O) groups is 6. The number of ketones is 1. The van der Waals surface area contributed by atoms with Crippen LogP contribution in [0.5, 0.6) is 0 Å². The zero-order valence-electron chi connectivity index (χ0n) is 29.3. The maximum atomic E-state index is 14.6. The summed E-state index contributed by atoms with van der Waals surface area (Å²) in [6.07, 6.45) is 13.9. The average molecular weight is 680 g/mol. The van der Waals surface area contributed by atoms with Crippen LogP contribution in [0.1, 0.15) is 115 Å². The van der Waals surface area contributed by atoms with Crippen LogP contribution in [0.3, 0.4) is 0 Å². The molecule has 4 aliphatic rings. The number of likely N-dealkylation sites (tertiary alicyclic amines) is 1. The highest BCUT2D eigenvalue weighted by molar-refractivity contribution is 6.38. The minimum absolute atomic E-state index is 0.0132. The summed E-state index contributed by atoms with van der Waals surface area (Å²) in [6, 6.07) is -3.68. The molecule has 0 radical (unpaired) electrons. The van der Waals surface area contributed by atoms with Gasteiger partial charge >= 0.3 is 0 Å². The van der Waals surface area contributed by atoms with Gasteiger partial charge in [0, 0.05) is 25.0 Å². The second-order valence-electron chi connectivity index (χ2n) is 15.5. The maximum Gasteiger partial charge on any atom is 0.289 e. The van der Waals surface area contributed by atoms with E-state index in [1.807, 2.05) is 27.7 Å². The summed E-state index contributed by atoms with van der Waals surface area (Å²) < 4.78 is 0. The predicted molar refractivity (Wildman–Crippen MR) is 181 cm³/mol. The minimum atomic E-state index is -0.994. The smallest absolute Gasteiger partial charge is 0.289 e. The van der Waals surface area contributed by atoms with Crippen LogP contribution < -0.4 is 21.3 Å². The quantitative estimate of drug-likeness (QED) is 0.230. The molecule has 5 rings (SSSR count). The van der Waals surface area contributed by atoms with Crippen molar-refractivity contribution in [2.75, 3.05) is 6.54 Å². The molecule has 3 saturated carbocycles. The molecule has 13 nitrogen and oxygen atoms in total. The summed E-state index contributed by atoms with van der Waals surface area (Å²) >= 11 is 0. The van der Waals surface area contributed by atoms with Crippen LogP contribution in [-0.4, -0.2) is 86.9 Å². The summed E-state index contributed by atoms with van der Waals surface area (Å²) in [6.45, 7) is 7.85. The van der Waals surface area contributed by atoms with Gasteiger partial charge in [-0.1, -0.05) is 59.8 Å². The normalized spacial score (nSPS) is 24.2. The molecule has 49 heavy (non-hydrogen) atoms. The lowest BCUT2D eigenvalue weighted by atomic mass is 9.82. The molecule has 3 aliphatic carbocycles. The minimum Gasteiger partial charge on any atom is -0.347 e. The number of hydrogen-bond acceptors (Lipinski definition) is 8. The molecule has 1 aliphatic heterocycles. The van der Waals surface area contributed by atoms with E-state index in [9.17, 15) is 28.8 Å². The first-order valence-electron chi connectivity index (χ1n) is 18.2. The number of amides is 5. The Morgan fingerprint density at radius 1 is 0.898 bits per heavy atom. The Morgan fingerprint density at radius 3 is 2.27 bits per heavy atom. The van der Waals surface area contributed by atoms with Gasteiger partial charge in [0.2, 0.25) is 23.5 Å². The van der Waals surface area contributed by atoms with Crippen LogP contribution in [-0.2, 0) is 24.0 Å². The SMILES string of the molecule is CCC[C@@H](NC(=O)[C@@H]1C2CCC[C@H]2CN1C(=O)[C@@H](NC(=O)[C@@H](NC(=O)c1cnccn1)C1CCCCC1)C(C)(C)C)C(=O)C(=O)NC1CC1. The van der Waals surface area contributed by atoms with E-state index in [-0.39, 0.29) is 35.4 Å². The van der Waals surface area contributed by atoms with Gasteiger partial charge in [0.25, 0.3) is 11.8 Å². The molecule has 6 atom stereocenters. The van der Waals surface area contributed by atoms with Crippen molar-refractivity contribution in [1.29, 1.82) is 0 Å². The third kappa shape index (κ3) is 8.83. The fourth-order valence-corrected chi connectivity index (χ4v) is 7.87. The molecule has 0 spiro atoms. The van der Waals surface area contributed by atoms with Crippen LogP contribution >= 0.6 is 0 Å². The van der Waals surface area contributed by atoms with Gasteiger partial charge in [-0.2, -0.15) is 0 Å². The third-order valence-corrected chi connectivity index (χ3v) is 10.7. The summed E-state index contributed by atoms with van der Waals surface area (Å²) in [5.74, 6) is -3.20. The monoisotopic (exact) mass is 679 g/mol. The van der Waals surface area contributed by atoms with E-state index in [1.165, 1.54) is 18.6 Å². The zero-order valence-corrected chi connectivity index (χ0v) is 29.3. The second-order valence-corrected chi connectivity index (χ2v) is 15.5. The molecule has 1 saturated heterocycles. The van der Waals surface area contributed by atoms with Gasteiger partial charge < -0.3 is 26.2 Å². The molecular weight excluding hydrogens is 626 g/mol. The van der Waals surface area contributed by atoms with Gasteiger partial charge in [-0.3, -0.25) is 33.8 Å². The first-order chi connectivity index (χ1) is 23.4. The van der Waals surface area contributed by atoms with Crippen molar-refractivity contribution in [2.24, 2.45) is 23.2 Å². The van der Waals surface area contributed by atoms with E-state index in [4.69, 9.17) is 0 Å². The van der Waals surface area contributed by atoms with E-state index in [0.29, 0.717) is 19.4 Å². The standard InChI is InChI=1S/C36H53N7O6/c1-5-10-25(29(44)34(48)39-23-15-16-23)40-33(47)28-24-14-9-13-22(24)20-43(28)35(49)30(36(2,3)4)42-32(46)27(21-11-7-6-8-12-21)41-31(45)26-19-37-17-18-38-26/h17-19,21-25,27-28,30H,5-16,20H2,1-4H3,(H,39,48)(H,40,47)(H,41,45)(H,42,46)/t22-,24?,25+,27-,28-,30+/m0/s1. The van der Waals surface area contributed by atoms with Crippen LogP contribution in [0.25, 0.3) is 0 Å². The number of aromatic nitrogens is 2. The van der Waals surface area contributed by atoms with E-state index < -0.39 is 59.0 Å². The number of nitrogens with one attached hydrogen (secondary N) is 4. The fourth-order valence-electron chi connectivity index (χ4n) is 7.87. The largest absolute Gasteiger partial charge is 0.347 e. The van der Waals surface area contributed by atoms with Crippen molar-refractivity contribution in [3.05, 3.63) is 24.3 Å². The molecule has 2 heterocycles. The predicted octanol–water partition coefficient (Wildman–Crippen LogP) is 2.45. The Labute approximate surface area is 288 Å². The van der Waals surface area contributed by atoms with Crippen molar-refractivity contribution in [2.45, 2.75) is 135 Å². The Hall–Kier alpha value is -3.90. The molecule has 1 aromatic rings. The molecule has 4 fully saturated rings. The number of Topliss-reactive ketones (excluding diaryl/α,β-unsaturated/α-hetero) is 1. The number of carbonyl (C=O) groups excluding carboxylic acids is 6. The maximum absolute atomic E-state index is 14.6. The molecule has 5 amide bonds. The molecular formula is C36H53N7O6. The first kappa shape index (κ1) is 36.4. The van der Waals surface area contributed by atoms with E-state index in [2.05, 4.69) is 31.2 Å². The first-order valence-corrected chi connectivity index (χ1v) is 18.2. The highest BCUT2D eigenvalue weighted by Crippen LogP contribution is 2.43. The lowest BCUT2D eigenvalue weighted by Crippen LogP contribution is -2.62. The van der Waals surface area contributed by atoms with Crippen molar-refractivity contribution >= 4 is 35.3 Å². The van der Waals surface area contributed by atoms with Gasteiger partial charge in [0.1, 0.15) is 23.8 Å². The summed E-state index contributed by atoms with van der Waals surface area (Å²) in [5, 5.41) is 11.5. The molecule has 1 aromatic heterocycles. The third-order valence-electron chi connectivity index (χ3n) is 10.7. The van der Waals surface area contributed by atoms with E-state index in [0.717, 1.165) is 64.2 Å². The number of nitrogens with zero attached hydrogens (tertiary/aromatic N) is 3. The molecule has 0 bridgehead atoms. The Bertz CT molecular complexity index is 1390. The highest BCUT2D eigenvalue weighted by atomic mass is 16.2. The van der Waals surface area contributed by atoms with Crippen molar-refractivity contribution in [3.63, 3.8) is 0 Å². The van der Waals surface area contributed by atoms with Crippen LogP contribution in [0.2, 0.25) is 0 Å². The Kier molecular flexibility index (Phi) is 11.7.